The van der Waals surface area contributed by atoms with Crippen molar-refractivity contribution < 1.29 is 4.74 Å². The molecule has 0 unspecified atom stereocenters. The number of hydrogen-bond acceptors (Lipinski definition) is 8. The number of benzene rings is 1. The summed E-state index contributed by atoms with van der Waals surface area (Å²) in [4.78, 5) is 12.8. The van der Waals surface area contributed by atoms with E-state index in [0.717, 1.165) is 0 Å². The predicted octanol–water partition coefficient (Wildman–Crippen LogP) is 4.07. The average Bonchev–Trinajstić information content (AvgIpc) is 2.95. The van der Waals surface area contributed by atoms with E-state index in [1.165, 1.54) is 20.9 Å². The summed E-state index contributed by atoms with van der Waals surface area (Å²) in [5, 5.41) is 10.1. The number of halogens is 2. The lowest BCUT2D eigenvalue weighted by atomic mass is 10.2. The van der Waals surface area contributed by atoms with E-state index in [9.17, 15) is 0 Å². The van der Waals surface area contributed by atoms with Crippen LogP contribution >= 0.6 is 48.4 Å². The summed E-state index contributed by atoms with van der Waals surface area (Å²) >= 11 is 9.52. The average molecular weight is 429 g/mol. The van der Waals surface area contributed by atoms with Gasteiger partial charge in [-0.2, -0.15) is 14.6 Å². The van der Waals surface area contributed by atoms with Crippen LogP contribution in [-0.4, -0.2) is 20.9 Å². The third-order valence-corrected chi connectivity index (χ3v) is 5.73. The molecule has 0 aliphatic rings. The third kappa shape index (κ3) is 3.21. The van der Waals surface area contributed by atoms with Gasteiger partial charge in [0.1, 0.15) is 6.07 Å². The minimum Gasteiger partial charge on any atom is -0.477 e. The van der Waals surface area contributed by atoms with Crippen LogP contribution in [0.3, 0.4) is 0 Å². The molecule has 0 amide bonds. The summed E-state index contributed by atoms with van der Waals surface area (Å²) in [6, 6.07) is 5.49. The molecule has 0 spiro atoms. The molecule has 0 atom stereocenters. The largest absolute Gasteiger partial charge is 0.477 e. The Balaban J connectivity index is 2.29. The second-order valence-electron chi connectivity index (χ2n) is 4.15. The van der Waals surface area contributed by atoms with Crippen molar-refractivity contribution >= 4 is 65.0 Å². The molecule has 10 heteroatoms. The zero-order valence-corrected chi connectivity index (χ0v) is 15.6. The highest BCUT2D eigenvalue weighted by molar-refractivity contribution is 9.10. The normalized spacial score (nSPS) is 11.7. The lowest BCUT2D eigenvalue weighted by Crippen LogP contribution is -2.00. The van der Waals surface area contributed by atoms with Crippen molar-refractivity contribution in [3.8, 4) is 11.9 Å². The van der Waals surface area contributed by atoms with Gasteiger partial charge in [0.25, 0.3) is 0 Å². The SMILES string of the molecule is CCOc1nc(C#N)nc2ccc(N=c3ssnc3Cl)c(Br)c12. The Bertz CT molecular complexity index is 994. The fraction of sp³-hybridized carbons (Fsp3) is 0.154. The van der Waals surface area contributed by atoms with Gasteiger partial charge in [0.2, 0.25) is 11.7 Å². The van der Waals surface area contributed by atoms with Crippen molar-refractivity contribution in [2.75, 3.05) is 6.61 Å². The summed E-state index contributed by atoms with van der Waals surface area (Å²) < 4.78 is 10.9. The molecule has 0 saturated carbocycles. The summed E-state index contributed by atoms with van der Waals surface area (Å²) in [6.45, 7) is 2.27. The van der Waals surface area contributed by atoms with Crippen LogP contribution in [0.25, 0.3) is 10.9 Å². The van der Waals surface area contributed by atoms with Gasteiger partial charge >= 0.3 is 0 Å². The Morgan fingerprint density at radius 2 is 2.26 bits per heavy atom. The number of rotatable bonds is 3. The van der Waals surface area contributed by atoms with Crippen LogP contribution in [0.5, 0.6) is 5.88 Å². The Labute approximate surface area is 151 Å². The molecule has 6 nitrogen and oxygen atoms in total. The van der Waals surface area contributed by atoms with Crippen LogP contribution < -0.4 is 9.41 Å². The van der Waals surface area contributed by atoms with Gasteiger partial charge in [0.15, 0.2) is 9.82 Å². The molecule has 0 bridgehead atoms. The predicted molar refractivity (Wildman–Crippen MR) is 93.3 cm³/mol. The van der Waals surface area contributed by atoms with E-state index >= 15 is 0 Å². The maximum atomic E-state index is 9.04. The number of nitrogens with zero attached hydrogens (tertiary/aromatic N) is 5. The van der Waals surface area contributed by atoms with Gasteiger partial charge < -0.3 is 4.74 Å². The van der Waals surface area contributed by atoms with E-state index in [-0.39, 0.29) is 5.82 Å². The fourth-order valence-corrected chi connectivity index (χ4v) is 4.43. The lowest BCUT2D eigenvalue weighted by Gasteiger charge is -2.09. The van der Waals surface area contributed by atoms with Gasteiger partial charge in [0.05, 0.1) is 27.7 Å². The van der Waals surface area contributed by atoms with E-state index in [0.29, 0.717) is 43.4 Å². The summed E-state index contributed by atoms with van der Waals surface area (Å²) in [6.07, 6.45) is 0. The highest BCUT2D eigenvalue weighted by Gasteiger charge is 2.15. The molecule has 0 N–H and O–H groups in total. The molecule has 3 rings (SSSR count). The Morgan fingerprint density at radius 1 is 1.43 bits per heavy atom. The zero-order chi connectivity index (χ0) is 16.4. The number of fused-ring (bicyclic) bond motifs is 1. The molecule has 0 saturated heterocycles. The molecule has 2 heterocycles. The molecule has 0 fully saturated rings. The van der Waals surface area contributed by atoms with Crippen LogP contribution in [0.2, 0.25) is 5.15 Å². The van der Waals surface area contributed by atoms with Crippen molar-refractivity contribution in [1.82, 2.24) is 14.3 Å². The smallest absolute Gasteiger partial charge is 0.236 e. The van der Waals surface area contributed by atoms with Crippen molar-refractivity contribution in [1.29, 1.82) is 5.26 Å². The standard InChI is InChI=1S/C13H7BrClN5OS2/c1-2-21-12-9-6(17-8(5-16)19-12)3-4-7(10(9)14)18-13-11(15)20-23-22-13/h3-4H,2H2,1H3. The van der Waals surface area contributed by atoms with E-state index < -0.39 is 0 Å². The van der Waals surface area contributed by atoms with Gasteiger partial charge in [-0.05, 0) is 45.3 Å². The molecule has 1 aromatic carbocycles. The van der Waals surface area contributed by atoms with E-state index in [1.807, 2.05) is 13.0 Å². The molecule has 3 aromatic rings. The minimum absolute atomic E-state index is 0.0600. The Hall–Kier alpha value is -1.60. The topological polar surface area (TPSA) is 84.0 Å². The zero-order valence-electron chi connectivity index (χ0n) is 11.6. The molecular weight excluding hydrogens is 422 g/mol. The van der Waals surface area contributed by atoms with Crippen LogP contribution in [0.1, 0.15) is 12.7 Å². The second-order valence-corrected chi connectivity index (χ2v) is 7.13. The second kappa shape index (κ2) is 6.88. The van der Waals surface area contributed by atoms with Gasteiger partial charge in [-0.15, -0.1) is 0 Å². The van der Waals surface area contributed by atoms with Crippen LogP contribution in [-0.2, 0) is 0 Å². The van der Waals surface area contributed by atoms with Crippen molar-refractivity contribution in [2.45, 2.75) is 6.92 Å². The number of aromatic nitrogens is 3. The summed E-state index contributed by atoms with van der Waals surface area (Å²) in [5.41, 5.74) is 1.26. The quantitative estimate of drug-likeness (QED) is 0.587. The van der Waals surface area contributed by atoms with Crippen LogP contribution in [0.4, 0.5) is 5.69 Å². The Morgan fingerprint density at radius 3 is 2.91 bits per heavy atom. The van der Waals surface area contributed by atoms with Gasteiger partial charge in [-0.3, -0.25) is 0 Å². The molecule has 0 radical (unpaired) electrons. The van der Waals surface area contributed by atoms with E-state index in [2.05, 4.69) is 35.3 Å². The van der Waals surface area contributed by atoms with Gasteiger partial charge in [-0.25, -0.2) is 9.98 Å². The maximum absolute atomic E-state index is 9.04. The van der Waals surface area contributed by atoms with Crippen molar-refractivity contribution in [3.63, 3.8) is 0 Å². The maximum Gasteiger partial charge on any atom is 0.236 e. The summed E-state index contributed by atoms with van der Waals surface area (Å²) in [5.74, 6) is 0.404. The van der Waals surface area contributed by atoms with E-state index in [4.69, 9.17) is 21.6 Å². The third-order valence-electron chi connectivity index (χ3n) is 2.76. The van der Waals surface area contributed by atoms with E-state index in [1.54, 1.807) is 12.1 Å². The fourth-order valence-electron chi connectivity index (χ4n) is 1.85. The highest BCUT2D eigenvalue weighted by Crippen LogP contribution is 2.37. The van der Waals surface area contributed by atoms with Gasteiger partial charge in [0, 0.05) is 10.5 Å². The first-order chi connectivity index (χ1) is 11.1. The molecule has 23 heavy (non-hydrogen) atoms. The van der Waals surface area contributed by atoms with Crippen molar-refractivity contribution in [2.24, 2.45) is 4.99 Å². The first-order valence-corrected chi connectivity index (χ1v) is 9.61. The van der Waals surface area contributed by atoms with Crippen LogP contribution in [0.15, 0.2) is 21.6 Å². The molecule has 0 aliphatic heterocycles. The lowest BCUT2D eigenvalue weighted by molar-refractivity contribution is 0.330. The number of nitriles is 1. The van der Waals surface area contributed by atoms with Crippen molar-refractivity contribution in [3.05, 3.63) is 32.3 Å². The molecule has 2 aromatic heterocycles. The molecular formula is C13H7BrClN5OS2. The summed E-state index contributed by atoms with van der Waals surface area (Å²) in [7, 11) is 2.66. The highest BCUT2D eigenvalue weighted by atomic mass is 79.9. The first kappa shape index (κ1) is 16.3. The van der Waals surface area contributed by atoms with Crippen LogP contribution in [0, 0.1) is 11.3 Å². The minimum atomic E-state index is 0.0600. The monoisotopic (exact) mass is 427 g/mol. The number of ether oxygens (including phenoxy) is 1. The molecule has 0 aliphatic carbocycles. The first-order valence-electron chi connectivity index (χ1n) is 6.33. The Kier molecular flexibility index (Phi) is 4.87. The molecule has 116 valence electrons. The number of hydrogen-bond donors (Lipinski definition) is 0. The van der Waals surface area contributed by atoms with Gasteiger partial charge in [-0.1, -0.05) is 11.6 Å².